The maximum absolute atomic E-state index is 11.4. The van der Waals surface area contributed by atoms with Crippen LogP contribution in [-0.4, -0.2) is 27.1 Å². The summed E-state index contributed by atoms with van der Waals surface area (Å²) < 4.78 is 0. The second-order valence-corrected chi connectivity index (χ2v) is 5.04. The van der Waals surface area contributed by atoms with Gasteiger partial charge in [-0.05, 0) is 12.8 Å². The summed E-state index contributed by atoms with van der Waals surface area (Å²) in [4.78, 5) is 11.4. The van der Waals surface area contributed by atoms with Gasteiger partial charge in [0.15, 0.2) is 0 Å². The number of aliphatic hydroxyl groups is 3. The third kappa shape index (κ3) is 13.6. The summed E-state index contributed by atoms with van der Waals surface area (Å²) in [6.07, 6.45) is 9.34. The van der Waals surface area contributed by atoms with E-state index in [9.17, 15) is 4.79 Å². The lowest BCUT2D eigenvalue weighted by Gasteiger charge is -2.12. The molecule has 0 aliphatic carbocycles. The van der Waals surface area contributed by atoms with Gasteiger partial charge in [-0.3, -0.25) is 4.79 Å². The van der Waals surface area contributed by atoms with Crippen molar-refractivity contribution < 1.29 is 20.1 Å². The summed E-state index contributed by atoms with van der Waals surface area (Å²) >= 11 is 0. The third-order valence-corrected chi connectivity index (χ3v) is 3.03. The average Bonchev–Trinajstić information content (AvgIpc) is 2.26. The van der Waals surface area contributed by atoms with Crippen LogP contribution in [0, 0.1) is 0 Å². The molecule has 108 valence electrons. The zero-order valence-electron chi connectivity index (χ0n) is 11.5. The molecule has 0 fully saturated rings. The molecule has 3 N–H and O–H groups in total. The Balaban J connectivity index is 3.27. The van der Waals surface area contributed by atoms with Crippen LogP contribution in [0.4, 0.5) is 0 Å². The summed E-state index contributed by atoms with van der Waals surface area (Å²) in [5.74, 6) is -2.48. The monoisotopic (exact) mass is 260 g/mol. The lowest BCUT2D eigenvalue weighted by atomic mass is 10.0. The minimum atomic E-state index is -2.63. The molecule has 0 aliphatic heterocycles. The molecule has 0 aliphatic rings. The molecular weight excluding hydrogens is 232 g/mol. The Morgan fingerprint density at radius 1 is 0.833 bits per heavy atom. The van der Waals surface area contributed by atoms with E-state index in [1.165, 1.54) is 32.1 Å². The largest absolute Gasteiger partial charge is 0.344 e. The van der Waals surface area contributed by atoms with Crippen LogP contribution in [0.15, 0.2) is 0 Å². The highest BCUT2D eigenvalue weighted by Gasteiger charge is 2.17. The van der Waals surface area contributed by atoms with Crippen LogP contribution in [0.3, 0.4) is 0 Å². The maximum Gasteiger partial charge on any atom is 0.275 e. The van der Waals surface area contributed by atoms with Crippen molar-refractivity contribution in [2.45, 2.75) is 83.5 Å². The molecule has 0 atom stereocenters. The lowest BCUT2D eigenvalue weighted by Crippen LogP contribution is -2.26. The van der Waals surface area contributed by atoms with Gasteiger partial charge in [-0.25, -0.2) is 0 Å². The van der Waals surface area contributed by atoms with Crippen LogP contribution in [0.25, 0.3) is 0 Å². The van der Waals surface area contributed by atoms with Gasteiger partial charge in [0.05, 0.1) is 0 Å². The fourth-order valence-electron chi connectivity index (χ4n) is 1.93. The highest BCUT2D eigenvalue weighted by Crippen LogP contribution is 2.12. The molecular formula is C14H28O4. The topological polar surface area (TPSA) is 77.8 Å². The molecule has 0 rings (SSSR count). The Morgan fingerprint density at radius 2 is 1.33 bits per heavy atom. The van der Waals surface area contributed by atoms with Gasteiger partial charge in [0, 0.05) is 19.3 Å². The standard InChI is InChI=1S/C14H28O4/c1-2-3-4-5-6-7-8-10-13(15)11-9-12-14(16,17)18/h16-18H,2-12H2,1H3. The van der Waals surface area contributed by atoms with E-state index in [0.717, 1.165) is 12.8 Å². The van der Waals surface area contributed by atoms with Crippen molar-refractivity contribution in [3.05, 3.63) is 0 Å². The summed E-state index contributed by atoms with van der Waals surface area (Å²) in [5.41, 5.74) is 0. The van der Waals surface area contributed by atoms with Gasteiger partial charge in [0.1, 0.15) is 5.78 Å². The van der Waals surface area contributed by atoms with Gasteiger partial charge >= 0.3 is 0 Å². The normalized spacial score (nSPS) is 11.8. The molecule has 0 bridgehead atoms. The Labute approximate surface area is 110 Å². The second-order valence-electron chi connectivity index (χ2n) is 5.04. The molecule has 0 radical (unpaired) electrons. The van der Waals surface area contributed by atoms with E-state index in [1.54, 1.807) is 0 Å². The first-order valence-electron chi connectivity index (χ1n) is 7.14. The van der Waals surface area contributed by atoms with Crippen molar-refractivity contribution in [1.82, 2.24) is 0 Å². The predicted octanol–water partition coefficient (Wildman–Crippen LogP) is 2.50. The average molecular weight is 260 g/mol. The van der Waals surface area contributed by atoms with Crippen LogP contribution < -0.4 is 0 Å². The maximum atomic E-state index is 11.4. The molecule has 0 heterocycles. The molecule has 0 aromatic rings. The van der Waals surface area contributed by atoms with Crippen LogP contribution in [0.1, 0.15) is 77.6 Å². The van der Waals surface area contributed by atoms with Crippen molar-refractivity contribution in [2.75, 3.05) is 0 Å². The third-order valence-electron chi connectivity index (χ3n) is 3.03. The van der Waals surface area contributed by atoms with E-state index in [1.807, 2.05) is 0 Å². The van der Waals surface area contributed by atoms with Crippen LogP contribution in [0.5, 0.6) is 0 Å². The van der Waals surface area contributed by atoms with Crippen LogP contribution in [0.2, 0.25) is 0 Å². The van der Waals surface area contributed by atoms with Crippen LogP contribution >= 0.6 is 0 Å². The fourth-order valence-corrected chi connectivity index (χ4v) is 1.93. The highest BCUT2D eigenvalue weighted by atomic mass is 16.7. The van der Waals surface area contributed by atoms with Gasteiger partial charge in [0.2, 0.25) is 0 Å². The van der Waals surface area contributed by atoms with E-state index in [4.69, 9.17) is 15.3 Å². The van der Waals surface area contributed by atoms with E-state index in [2.05, 4.69) is 6.92 Å². The van der Waals surface area contributed by atoms with E-state index >= 15 is 0 Å². The van der Waals surface area contributed by atoms with E-state index < -0.39 is 5.97 Å². The number of ketones is 1. The Kier molecular flexibility index (Phi) is 10.2. The van der Waals surface area contributed by atoms with Crippen molar-refractivity contribution in [1.29, 1.82) is 0 Å². The number of rotatable bonds is 12. The van der Waals surface area contributed by atoms with Gasteiger partial charge in [-0.1, -0.05) is 45.4 Å². The number of carbonyl (C=O) groups excluding carboxylic acids is 1. The van der Waals surface area contributed by atoms with Crippen molar-refractivity contribution >= 4 is 5.78 Å². The number of Topliss-reactive ketones (excluding diaryl/α,β-unsaturated/α-hetero) is 1. The smallest absolute Gasteiger partial charge is 0.275 e. The highest BCUT2D eigenvalue weighted by molar-refractivity contribution is 5.78. The summed E-state index contributed by atoms with van der Waals surface area (Å²) in [7, 11) is 0. The molecule has 0 unspecified atom stereocenters. The zero-order valence-corrected chi connectivity index (χ0v) is 11.5. The van der Waals surface area contributed by atoms with Crippen LogP contribution in [-0.2, 0) is 4.79 Å². The molecule has 0 aromatic carbocycles. The molecule has 18 heavy (non-hydrogen) atoms. The summed E-state index contributed by atoms with van der Waals surface area (Å²) in [6.45, 7) is 2.19. The first-order chi connectivity index (χ1) is 8.45. The number of hydrogen-bond acceptors (Lipinski definition) is 4. The summed E-state index contributed by atoms with van der Waals surface area (Å²) in [6, 6.07) is 0. The fraction of sp³-hybridized carbons (Fsp3) is 0.929. The first-order valence-corrected chi connectivity index (χ1v) is 7.14. The molecule has 0 saturated heterocycles. The predicted molar refractivity (Wildman–Crippen MR) is 70.9 cm³/mol. The number of unbranched alkanes of at least 4 members (excludes halogenated alkanes) is 6. The second kappa shape index (κ2) is 10.5. The van der Waals surface area contributed by atoms with Crippen molar-refractivity contribution in [3.63, 3.8) is 0 Å². The zero-order chi connectivity index (χ0) is 13.9. The van der Waals surface area contributed by atoms with Gasteiger partial charge in [0.25, 0.3) is 5.97 Å². The van der Waals surface area contributed by atoms with Gasteiger partial charge in [-0.15, -0.1) is 0 Å². The minimum Gasteiger partial charge on any atom is -0.344 e. The Hall–Kier alpha value is -0.450. The minimum absolute atomic E-state index is 0.146. The van der Waals surface area contributed by atoms with Gasteiger partial charge in [-0.2, -0.15) is 0 Å². The molecule has 0 spiro atoms. The number of hydrogen-bond donors (Lipinski definition) is 3. The van der Waals surface area contributed by atoms with Crippen molar-refractivity contribution in [3.8, 4) is 0 Å². The molecule has 4 heteroatoms. The van der Waals surface area contributed by atoms with Gasteiger partial charge < -0.3 is 15.3 Å². The quantitative estimate of drug-likeness (QED) is 0.372. The van der Waals surface area contributed by atoms with E-state index in [0.29, 0.717) is 19.3 Å². The molecule has 4 nitrogen and oxygen atoms in total. The molecule has 0 saturated carbocycles. The SMILES string of the molecule is CCCCCCCCCC(=O)CCCC(O)(O)O. The Bertz CT molecular complexity index is 208. The molecule has 0 amide bonds. The lowest BCUT2D eigenvalue weighted by molar-refractivity contribution is -0.314. The van der Waals surface area contributed by atoms with E-state index in [-0.39, 0.29) is 12.2 Å². The first kappa shape index (κ1) is 17.6. The molecule has 0 aromatic heterocycles. The Morgan fingerprint density at radius 3 is 1.89 bits per heavy atom. The number of carbonyl (C=O) groups is 1. The summed E-state index contributed by atoms with van der Waals surface area (Å²) in [5, 5.41) is 25.9. The van der Waals surface area contributed by atoms with Crippen molar-refractivity contribution in [2.24, 2.45) is 0 Å².